The van der Waals surface area contributed by atoms with E-state index in [0.29, 0.717) is 25.0 Å². The summed E-state index contributed by atoms with van der Waals surface area (Å²) >= 11 is 0. The van der Waals surface area contributed by atoms with Gasteiger partial charge in [-0.05, 0) is 67.2 Å². The molecule has 1 amide bonds. The maximum atomic E-state index is 12.3. The van der Waals surface area contributed by atoms with E-state index >= 15 is 0 Å². The van der Waals surface area contributed by atoms with E-state index in [9.17, 15) is 4.79 Å². The number of nitrogens with zero attached hydrogens (tertiary/aromatic N) is 3. The van der Waals surface area contributed by atoms with Crippen LogP contribution in [0, 0.1) is 5.92 Å². The Morgan fingerprint density at radius 2 is 1.83 bits per heavy atom. The fraction of sp³-hybridized carbons (Fsp3) is 0.762. The SMILES string of the molecule is CC(C)(C)OC(=O)N1CCC[C@H](CNc2ncc(B3OC(C)(C)C(C)(C)O3)cn2)C1. The Balaban J connectivity index is 1.51. The van der Waals surface area contributed by atoms with E-state index < -0.39 is 23.9 Å². The minimum absolute atomic E-state index is 0.241. The van der Waals surface area contributed by atoms with Crippen LogP contribution in [0.15, 0.2) is 12.4 Å². The van der Waals surface area contributed by atoms with Crippen molar-refractivity contribution in [2.45, 2.75) is 78.1 Å². The molecule has 0 spiro atoms. The van der Waals surface area contributed by atoms with E-state index in [4.69, 9.17) is 14.0 Å². The van der Waals surface area contributed by atoms with Crippen LogP contribution < -0.4 is 10.8 Å². The van der Waals surface area contributed by atoms with Crippen molar-refractivity contribution < 1.29 is 18.8 Å². The summed E-state index contributed by atoms with van der Waals surface area (Å²) in [6.07, 6.45) is 5.26. The lowest BCUT2D eigenvalue weighted by Gasteiger charge is -2.34. The maximum absolute atomic E-state index is 12.3. The Labute approximate surface area is 180 Å². The molecule has 0 radical (unpaired) electrons. The topological polar surface area (TPSA) is 85.8 Å². The molecule has 1 atom stereocenters. The first kappa shape index (κ1) is 22.8. The molecule has 0 saturated carbocycles. The van der Waals surface area contributed by atoms with E-state index in [-0.39, 0.29) is 6.09 Å². The zero-order valence-electron chi connectivity index (χ0n) is 19.3. The largest absolute Gasteiger partial charge is 0.498 e. The average Bonchev–Trinajstić information content (AvgIpc) is 2.87. The summed E-state index contributed by atoms with van der Waals surface area (Å²) < 4.78 is 17.6. The lowest BCUT2D eigenvalue weighted by atomic mass is 9.81. The van der Waals surface area contributed by atoms with Gasteiger partial charge in [0.15, 0.2) is 0 Å². The number of ether oxygens (including phenoxy) is 1. The van der Waals surface area contributed by atoms with Gasteiger partial charge in [0, 0.05) is 37.5 Å². The summed E-state index contributed by atoms with van der Waals surface area (Å²) in [5, 5.41) is 3.29. The third kappa shape index (κ3) is 5.43. The second kappa shape index (κ2) is 8.34. The van der Waals surface area contributed by atoms with Crippen LogP contribution in [0.2, 0.25) is 0 Å². The molecule has 3 rings (SSSR count). The van der Waals surface area contributed by atoms with Gasteiger partial charge in [0.25, 0.3) is 0 Å². The Bertz CT molecular complexity index is 732. The smallest absolute Gasteiger partial charge is 0.444 e. The molecule has 166 valence electrons. The number of piperidine rings is 1. The van der Waals surface area contributed by atoms with Gasteiger partial charge in [0.2, 0.25) is 5.95 Å². The number of anilines is 1. The Morgan fingerprint density at radius 1 is 1.23 bits per heavy atom. The second-order valence-electron chi connectivity index (χ2n) is 10.2. The van der Waals surface area contributed by atoms with Gasteiger partial charge in [-0.1, -0.05) is 0 Å². The molecule has 1 aromatic heterocycles. The van der Waals surface area contributed by atoms with Crippen LogP contribution in [0.3, 0.4) is 0 Å². The number of hydrogen-bond acceptors (Lipinski definition) is 7. The first-order valence-corrected chi connectivity index (χ1v) is 10.8. The molecule has 2 aliphatic rings. The average molecular weight is 418 g/mol. The molecule has 1 aromatic rings. The van der Waals surface area contributed by atoms with E-state index in [2.05, 4.69) is 15.3 Å². The number of aromatic nitrogens is 2. The van der Waals surface area contributed by atoms with Crippen LogP contribution in [0.4, 0.5) is 10.7 Å². The van der Waals surface area contributed by atoms with Crippen LogP contribution in [0.5, 0.6) is 0 Å². The van der Waals surface area contributed by atoms with Crippen molar-refractivity contribution in [3.63, 3.8) is 0 Å². The van der Waals surface area contributed by atoms with Gasteiger partial charge >= 0.3 is 13.2 Å². The van der Waals surface area contributed by atoms with E-state index in [1.807, 2.05) is 48.5 Å². The van der Waals surface area contributed by atoms with Crippen LogP contribution in [-0.4, -0.2) is 64.5 Å². The third-order valence-corrected chi connectivity index (χ3v) is 5.92. The lowest BCUT2D eigenvalue weighted by Crippen LogP contribution is -2.44. The van der Waals surface area contributed by atoms with Gasteiger partial charge in [-0.3, -0.25) is 0 Å². The number of amides is 1. The lowest BCUT2D eigenvalue weighted by molar-refractivity contribution is 0.00578. The second-order valence-corrected chi connectivity index (χ2v) is 10.2. The number of carbonyl (C=O) groups is 1. The van der Waals surface area contributed by atoms with Gasteiger partial charge in [-0.2, -0.15) is 0 Å². The number of likely N-dealkylation sites (tertiary alicyclic amines) is 1. The molecule has 3 heterocycles. The zero-order chi connectivity index (χ0) is 22.2. The predicted molar refractivity (Wildman–Crippen MR) is 117 cm³/mol. The fourth-order valence-corrected chi connectivity index (χ4v) is 3.49. The molecule has 0 unspecified atom stereocenters. The predicted octanol–water partition coefficient (Wildman–Crippen LogP) is 2.83. The first-order valence-electron chi connectivity index (χ1n) is 10.8. The zero-order valence-corrected chi connectivity index (χ0v) is 19.3. The van der Waals surface area contributed by atoms with Gasteiger partial charge in [0.05, 0.1) is 11.2 Å². The van der Waals surface area contributed by atoms with Crippen molar-refractivity contribution in [1.82, 2.24) is 14.9 Å². The minimum Gasteiger partial charge on any atom is -0.444 e. The molecule has 9 heteroatoms. The highest BCUT2D eigenvalue weighted by Crippen LogP contribution is 2.36. The van der Waals surface area contributed by atoms with Crippen molar-refractivity contribution >= 4 is 24.6 Å². The summed E-state index contributed by atoms with van der Waals surface area (Å²) in [4.78, 5) is 23.0. The monoisotopic (exact) mass is 418 g/mol. The number of hydrogen-bond donors (Lipinski definition) is 1. The van der Waals surface area contributed by atoms with Gasteiger partial charge in [-0.15, -0.1) is 0 Å². The van der Waals surface area contributed by atoms with Crippen molar-refractivity contribution in [3.05, 3.63) is 12.4 Å². The quantitative estimate of drug-likeness (QED) is 0.753. The van der Waals surface area contributed by atoms with Crippen LogP contribution in [-0.2, 0) is 14.0 Å². The van der Waals surface area contributed by atoms with E-state index in [1.165, 1.54) is 0 Å². The summed E-state index contributed by atoms with van der Waals surface area (Å²) in [5.74, 6) is 0.891. The van der Waals surface area contributed by atoms with Crippen LogP contribution in [0.1, 0.15) is 61.3 Å². The Kier molecular flexibility index (Phi) is 6.34. The number of carbonyl (C=O) groups excluding carboxylic acids is 1. The Morgan fingerprint density at radius 3 is 2.40 bits per heavy atom. The minimum atomic E-state index is -0.477. The van der Waals surface area contributed by atoms with Gasteiger partial charge in [0.1, 0.15) is 5.60 Å². The Hall–Kier alpha value is -1.87. The molecule has 0 aliphatic carbocycles. The standard InChI is InChI=1S/C21H35BN4O4/c1-19(2,3)28-18(27)26-10-8-9-15(14-26)11-23-17-24-12-16(13-25-17)22-29-20(4,5)21(6,7)30-22/h12-13,15H,8-11,14H2,1-7H3,(H,23,24,25)/t15-/m1/s1. The van der Waals surface area contributed by atoms with Crippen molar-refractivity contribution in [2.75, 3.05) is 25.0 Å². The van der Waals surface area contributed by atoms with Crippen molar-refractivity contribution in [2.24, 2.45) is 5.92 Å². The van der Waals surface area contributed by atoms with Gasteiger partial charge < -0.3 is 24.3 Å². The highest BCUT2D eigenvalue weighted by molar-refractivity contribution is 6.61. The maximum Gasteiger partial charge on any atom is 0.498 e. The fourth-order valence-electron chi connectivity index (χ4n) is 3.49. The first-order chi connectivity index (χ1) is 13.9. The summed E-state index contributed by atoms with van der Waals surface area (Å²) in [5.41, 5.74) is -0.465. The third-order valence-electron chi connectivity index (χ3n) is 5.92. The molecular formula is C21H35BN4O4. The summed E-state index contributed by atoms with van der Waals surface area (Å²) in [6.45, 7) is 15.9. The number of nitrogens with one attached hydrogen (secondary N) is 1. The highest BCUT2D eigenvalue weighted by atomic mass is 16.7. The van der Waals surface area contributed by atoms with Crippen molar-refractivity contribution in [1.29, 1.82) is 0 Å². The molecule has 1 N–H and O–H groups in total. The molecule has 0 bridgehead atoms. The summed E-state index contributed by atoms with van der Waals surface area (Å²) in [6, 6.07) is 0. The molecule has 2 aliphatic heterocycles. The van der Waals surface area contributed by atoms with Crippen LogP contribution >= 0.6 is 0 Å². The van der Waals surface area contributed by atoms with E-state index in [0.717, 1.165) is 24.8 Å². The van der Waals surface area contributed by atoms with Crippen LogP contribution in [0.25, 0.3) is 0 Å². The molecule has 8 nitrogen and oxygen atoms in total. The molecule has 0 aromatic carbocycles. The van der Waals surface area contributed by atoms with Gasteiger partial charge in [-0.25, -0.2) is 14.8 Å². The highest BCUT2D eigenvalue weighted by Gasteiger charge is 2.51. The molecular weight excluding hydrogens is 383 g/mol. The molecule has 2 saturated heterocycles. The van der Waals surface area contributed by atoms with Crippen molar-refractivity contribution in [3.8, 4) is 0 Å². The number of rotatable bonds is 4. The van der Waals surface area contributed by atoms with E-state index in [1.54, 1.807) is 17.3 Å². The summed E-state index contributed by atoms with van der Waals surface area (Å²) in [7, 11) is -0.468. The normalized spacial score (nSPS) is 23.4. The molecule has 2 fully saturated rings. The molecule has 30 heavy (non-hydrogen) atoms.